The summed E-state index contributed by atoms with van der Waals surface area (Å²) in [6.45, 7) is 11.3. The zero-order valence-electron chi connectivity index (χ0n) is 12.3. The van der Waals surface area contributed by atoms with Gasteiger partial charge in [0.15, 0.2) is 0 Å². The molecular formula is C16H27NO. The van der Waals surface area contributed by atoms with Crippen LogP contribution >= 0.6 is 0 Å². The van der Waals surface area contributed by atoms with Gasteiger partial charge in [-0.2, -0.15) is 0 Å². The largest absolute Gasteiger partial charge is 0.380 e. The highest BCUT2D eigenvalue weighted by Gasteiger charge is 2.09. The van der Waals surface area contributed by atoms with E-state index in [1.165, 1.54) is 16.7 Å². The molecule has 0 heterocycles. The van der Waals surface area contributed by atoms with Gasteiger partial charge < -0.3 is 10.1 Å². The zero-order valence-corrected chi connectivity index (χ0v) is 12.3. The van der Waals surface area contributed by atoms with Crippen molar-refractivity contribution in [2.45, 2.75) is 46.6 Å². The van der Waals surface area contributed by atoms with E-state index in [2.05, 4.69) is 51.2 Å². The maximum Gasteiger partial charge on any atom is 0.0622 e. The lowest BCUT2D eigenvalue weighted by molar-refractivity contribution is 0.112. The predicted molar refractivity (Wildman–Crippen MR) is 78.2 cm³/mol. The highest BCUT2D eigenvalue weighted by atomic mass is 16.5. The van der Waals surface area contributed by atoms with Crippen molar-refractivity contribution in [1.82, 2.24) is 5.32 Å². The van der Waals surface area contributed by atoms with Crippen LogP contribution in [0, 0.1) is 13.8 Å². The van der Waals surface area contributed by atoms with Gasteiger partial charge in [-0.3, -0.25) is 0 Å². The van der Waals surface area contributed by atoms with Crippen LogP contribution in [0.1, 0.15) is 37.0 Å². The van der Waals surface area contributed by atoms with E-state index in [0.29, 0.717) is 6.04 Å². The van der Waals surface area contributed by atoms with Gasteiger partial charge in [0.05, 0.1) is 6.61 Å². The van der Waals surface area contributed by atoms with Gasteiger partial charge in [-0.1, -0.05) is 32.0 Å². The van der Waals surface area contributed by atoms with E-state index >= 15 is 0 Å². The molecule has 18 heavy (non-hydrogen) atoms. The molecule has 2 nitrogen and oxygen atoms in total. The van der Waals surface area contributed by atoms with Crippen molar-refractivity contribution in [1.29, 1.82) is 0 Å². The van der Waals surface area contributed by atoms with Crippen LogP contribution in [0.3, 0.4) is 0 Å². The summed E-state index contributed by atoms with van der Waals surface area (Å²) in [5, 5.41) is 3.50. The molecule has 0 amide bonds. The summed E-state index contributed by atoms with van der Waals surface area (Å²) < 4.78 is 5.66. The van der Waals surface area contributed by atoms with Gasteiger partial charge in [0.1, 0.15) is 0 Å². The molecule has 1 unspecified atom stereocenters. The van der Waals surface area contributed by atoms with Gasteiger partial charge >= 0.3 is 0 Å². The minimum absolute atomic E-state index is 0.420. The molecule has 0 aromatic heterocycles. The van der Waals surface area contributed by atoms with E-state index in [0.717, 1.165) is 32.6 Å². The number of rotatable bonds is 8. The van der Waals surface area contributed by atoms with Crippen LogP contribution in [0.2, 0.25) is 0 Å². The minimum Gasteiger partial charge on any atom is -0.380 e. The highest BCUT2D eigenvalue weighted by molar-refractivity contribution is 5.30. The fourth-order valence-corrected chi connectivity index (χ4v) is 2.06. The molecule has 0 saturated carbocycles. The first-order valence-corrected chi connectivity index (χ1v) is 7.04. The van der Waals surface area contributed by atoms with Crippen LogP contribution in [-0.4, -0.2) is 25.8 Å². The maximum absolute atomic E-state index is 5.66. The van der Waals surface area contributed by atoms with E-state index in [4.69, 9.17) is 4.74 Å². The second-order valence-corrected chi connectivity index (χ2v) is 4.95. The Balaban J connectivity index is 2.55. The Labute approximate surface area is 112 Å². The van der Waals surface area contributed by atoms with Crippen LogP contribution in [0.25, 0.3) is 0 Å². The molecule has 1 aromatic carbocycles. The summed E-state index contributed by atoms with van der Waals surface area (Å²) in [6, 6.07) is 7.15. The monoisotopic (exact) mass is 249 g/mol. The topological polar surface area (TPSA) is 21.3 Å². The van der Waals surface area contributed by atoms with Gasteiger partial charge in [-0.25, -0.2) is 0 Å². The Morgan fingerprint density at radius 2 is 1.94 bits per heavy atom. The normalized spacial score (nSPS) is 12.7. The smallest absolute Gasteiger partial charge is 0.0622 e. The summed E-state index contributed by atoms with van der Waals surface area (Å²) in [4.78, 5) is 0. The van der Waals surface area contributed by atoms with Gasteiger partial charge in [-0.15, -0.1) is 0 Å². The third-order valence-electron chi connectivity index (χ3n) is 3.21. The maximum atomic E-state index is 5.66. The van der Waals surface area contributed by atoms with E-state index in [1.807, 2.05) is 0 Å². The molecule has 0 bridgehead atoms. The third-order valence-corrected chi connectivity index (χ3v) is 3.21. The molecular weight excluding hydrogens is 222 g/mol. The quantitative estimate of drug-likeness (QED) is 0.714. The van der Waals surface area contributed by atoms with Crippen molar-refractivity contribution < 1.29 is 4.74 Å². The number of benzene rings is 1. The Kier molecular flexibility index (Phi) is 6.99. The lowest BCUT2D eigenvalue weighted by Crippen LogP contribution is -2.35. The van der Waals surface area contributed by atoms with Crippen molar-refractivity contribution in [3.8, 4) is 0 Å². The van der Waals surface area contributed by atoms with Crippen LogP contribution < -0.4 is 5.32 Å². The number of nitrogens with one attached hydrogen (secondary N) is 1. The Morgan fingerprint density at radius 3 is 2.56 bits per heavy atom. The van der Waals surface area contributed by atoms with E-state index in [1.54, 1.807) is 0 Å². The summed E-state index contributed by atoms with van der Waals surface area (Å²) in [6.07, 6.45) is 2.13. The van der Waals surface area contributed by atoms with Crippen molar-refractivity contribution in [2.75, 3.05) is 19.8 Å². The molecule has 1 aromatic rings. The van der Waals surface area contributed by atoms with Gasteiger partial charge in [0, 0.05) is 12.6 Å². The second-order valence-electron chi connectivity index (χ2n) is 4.95. The van der Waals surface area contributed by atoms with E-state index in [-0.39, 0.29) is 0 Å². The molecule has 0 aliphatic heterocycles. The molecule has 2 heteroatoms. The first kappa shape index (κ1) is 15.2. The lowest BCUT2D eigenvalue weighted by Gasteiger charge is -2.18. The van der Waals surface area contributed by atoms with Crippen LogP contribution in [-0.2, 0) is 11.2 Å². The number of likely N-dealkylation sites (N-methyl/N-ethyl adjacent to an activating group) is 1. The fraction of sp³-hybridized carbons (Fsp3) is 0.625. The molecule has 0 saturated heterocycles. The first-order chi connectivity index (χ1) is 8.67. The van der Waals surface area contributed by atoms with E-state index < -0.39 is 0 Å². The minimum atomic E-state index is 0.420. The molecule has 1 atom stereocenters. The molecule has 0 radical (unpaired) electrons. The van der Waals surface area contributed by atoms with Gasteiger partial charge in [0.2, 0.25) is 0 Å². The van der Waals surface area contributed by atoms with Crippen molar-refractivity contribution in [3.63, 3.8) is 0 Å². The van der Waals surface area contributed by atoms with Crippen LogP contribution in [0.4, 0.5) is 0 Å². The van der Waals surface area contributed by atoms with Gasteiger partial charge in [0.25, 0.3) is 0 Å². The molecule has 0 spiro atoms. The summed E-state index contributed by atoms with van der Waals surface area (Å²) in [7, 11) is 0. The fourth-order valence-electron chi connectivity index (χ4n) is 2.06. The van der Waals surface area contributed by atoms with Crippen LogP contribution in [0.15, 0.2) is 18.2 Å². The third kappa shape index (κ3) is 5.19. The molecule has 0 aliphatic carbocycles. The van der Waals surface area contributed by atoms with E-state index in [9.17, 15) is 0 Å². The van der Waals surface area contributed by atoms with Crippen molar-refractivity contribution >= 4 is 0 Å². The Morgan fingerprint density at radius 1 is 1.17 bits per heavy atom. The van der Waals surface area contributed by atoms with Crippen LogP contribution in [0.5, 0.6) is 0 Å². The standard InChI is InChI=1S/C16H27NO/c1-5-9-18-12-16(17-6-2)11-15-8-7-13(3)14(4)10-15/h7-8,10,16-17H,5-6,9,11-12H2,1-4H3. The van der Waals surface area contributed by atoms with Gasteiger partial charge in [-0.05, 0) is 49.9 Å². The molecule has 0 aliphatic rings. The average Bonchev–Trinajstić information content (AvgIpc) is 2.34. The number of ether oxygens (including phenoxy) is 1. The molecule has 1 rings (SSSR count). The summed E-state index contributed by atoms with van der Waals surface area (Å²) in [5.41, 5.74) is 4.13. The highest BCUT2D eigenvalue weighted by Crippen LogP contribution is 2.11. The molecule has 0 fully saturated rings. The molecule has 102 valence electrons. The zero-order chi connectivity index (χ0) is 13.4. The van der Waals surface area contributed by atoms with Crippen molar-refractivity contribution in [3.05, 3.63) is 34.9 Å². The number of aryl methyl sites for hydroxylation is 2. The van der Waals surface area contributed by atoms with Crippen molar-refractivity contribution in [2.24, 2.45) is 0 Å². The Hall–Kier alpha value is -0.860. The summed E-state index contributed by atoms with van der Waals surface area (Å²) >= 11 is 0. The second kappa shape index (κ2) is 8.28. The molecule has 1 N–H and O–H groups in total. The number of hydrogen-bond donors (Lipinski definition) is 1. The average molecular weight is 249 g/mol. The summed E-state index contributed by atoms with van der Waals surface area (Å²) in [5.74, 6) is 0. The SMILES string of the molecule is CCCOCC(Cc1ccc(C)c(C)c1)NCC. The predicted octanol–water partition coefficient (Wildman–Crippen LogP) is 3.25. The lowest BCUT2D eigenvalue weighted by atomic mass is 10.0. The first-order valence-electron chi connectivity index (χ1n) is 7.04. The number of hydrogen-bond acceptors (Lipinski definition) is 2. The Bertz CT molecular complexity index is 349.